The van der Waals surface area contributed by atoms with Gasteiger partial charge >= 0.3 is 5.97 Å². The van der Waals surface area contributed by atoms with Crippen molar-refractivity contribution in [3.63, 3.8) is 0 Å². The molecule has 1 rings (SSSR count). The maximum atomic E-state index is 11.7. The predicted octanol–water partition coefficient (Wildman–Crippen LogP) is 1.69. The molecule has 0 radical (unpaired) electrons. The van der Waals surface area contributed by atoms with Gasteiger partial charge in [-0.25, -0.2) is 8.42 Å². The number of benzene rings is 1. The van der Waals surface area contributed by atoms with Gasteiger partial charge in [-0.3, -0.25) is 9.52 Å². The number of carbonyl (C=O) groups is 1. The zero-order valence-electron chi connectivity index (χ0n) is 10.8. The largest absolute Gasteiger partial charge is 0.489 e. The van der Waals surface area contributed by atoms with Crippen LogP contribution in [0.4, 0.5) is 5.69 Å². The zero-order valence-corrected chi connectivity index (χ0v) is 11.6. The molecule has 1 aromatic carbocycles. The molecule has 0 aliphatic rings. The summed E-state index contributed by atoms with van der Waals surface area (Å²) in [5.74, 6) is -1.22. The number of rotatable bonds is 7. The highest BCUT2D eigenvalue weighted by Gasteiger charge is 2.15. The minimum atomic E-state index is -3.70. The van der Waals surface area contributed by atoms with E-state index >= 15 is 0 Å². The van der Waals surface area contributed by atoms with E-state index in [2.05, 4.69) is 4.72 Å². The monoisotopic (exact) mass is 287 g/mol. The second kappa shape index (κ2) is 6.42. The summed E-state index contributed by atoms with van der Waals surface area (Å²) in [6.45, 7) is 3.66. The molecule has 0 saturated heterocycles. The molecule has 1 aromatic rings. The van der Waals surface area contributed by atoms with Crippen LogP contribution in [0.5, 0.6) is 5.75 Å². The van der Waals surface area contributed by atoms with Crippen LogP contribution in [0.2, 0.25) is 0 Å². The third-order valence-electron chi connectivity index (χ3n) is 2.10. The van der Waals surface area contributed by atoms with Crippen LogP contribution in [0.25, 0.3) is 0 Å². The van der Waals surface area contributed by atoms with Crippen molar-refractivity contribution in [2.24, 2.45) is 0 Å². The summed E-state index contributed by atoms with van der Waals surface area (Å²) in [4.78, 5) is 10.4. The maximum Gasteiger partial charge on any atom is 0.304 e. The van der Waals surface area contributed by atoms with Gasteiger partial charge in [0, 0.05) is 0 Å². The molecule has 19 heavy (non-hydrogen) atoms. The second-order valence-corrected chi connectivity index (χ2v) is 6.07. The van der Waals surface area contributed by atoms with Crippen molar-refractivity contribution < 1.29 is 23.1 Å². The fraction of sp³-hybridized carbons (Fsp3) is 0.417. The van der Waals surface area contributed by atoms with E-state index in [-0.39, 0.29) is 6.10 Å². The van der Waals surface area contributed by atoms with Gasteiger partial charge in [-0.05, 0) is 26.0 Å². The first-order chi connectivity index (χ1) is 8.80. The molecule has 0 amide bonds. The van der Waals surface area contributed by atoms with Crippen molar-refractivity contribution >= 4 is 21.7 Å². The van der Waals surface area contributed by atoms with Gasteiger partial charge in [0.05, 0.1) is 24.0 Å². The Balaban J connectivity index is 2.83. The summed E-state index contributed by atoms with van der Waals surface area (Å²) in [7, 11) is -3.70. The molecule has 0 atom stereocenters. The number of nitrogens with one attached hydrogen (secondary N) is 1. The highest BCUT2D eigenvalue weighted by Crippen LogP contribution is 2.25. The van der Waals surface area contributed by atoms with Crippen molar-refractivity contribution in [2.45, 2.75) is 26.4 Å². The number of aliphatic carboxylic acids is 1. The highest BCUT2D eigenvalue weighted by molar-refractivity contribution is 7.92. The maximum absolute atomic E-state index is 11.7. The molecule has 6 nitrogen and oxygen atoms in total. The molecule has 0 bridgehead atoms. The molecule has 0 unspecified atom stereocenters. The minimum absolute atomic E-state index is 0.0929. The summed E-state index contributed by atoms with van der Waals surface area (Å²) in [5.41, 5.74) is 0.307. The van der Waals surface area contributed by atoms with Gasteiger partial charge in [-0.15, -0.1) is 0 Å². The van der Waals surface area contributed by atoms with Gasteiger partial charge in [-0.1, -0.05) is 12.1 Å². The van der Waals surface area contributed by atoms with Crippen molar-refractivity contribution in [1.29, 1.82) is 0 Å². The van der Waals surface area contributed by atoms with E-state index < -0.39 is 28.2 Å². The van der Waals surface area contributed by atoms with Gasteiger partial charge < -0.3 is 9.84 Å². The number of sulfonamides is 1. The lowest BCUT2D eigenvalue weighted by atomic mass is 10.3. The van der Waals surface area contributed by atoms with Crippen LogP contribution in [0.15, 0.2) is 24.3 Å². The molecular formula is C12H17NO5S. The average molecular weight is 287 g/mol. The van der Waals surface area contributed by atoms with Gasteiger partial charge in [-0.2, -0.15) is 0 Å². The zero-order chi connectivity index (χ0) is 14.5. The summed E-state index contributed by atoms with van der Waals surface area (Å²) in [6.07, 6.45) is -0.535. The SMILES string of the molecule is CC(C)Oc1ccccc1NS(=O)(=O)CCC(=O)O. The highest BCUT2D eigenvalue weighted by atomic mass is 32.2. The van der Waals surface area contributed by atoms with Crippen LogP contribution < -0.4 is 9.46 Å². The summed E-state index contributed by atoms with van der Waals surface area (Å²) in [5, 5.41) is 8.50. The number of hydrogen-bond donors (Lipinski definition) is 2. The molecule has 0 heterocycles. The van der Waals surface area contributed by atoms with Crippen LogP contribution in [0.1, 0.15) is 20.3 Å². The van der Waals surface area contributed by atoms with Crippen LogP contribution >= 0.6 is 0 Å². The Hall–Kier alpha value is -1.76. The van der Waals surface area contributed by atoms with Gasteiger partial charge in [0.25, 0.3) is 0 Å². The second-order valence-electron chi connectivity index (χ2n) is 4.23. The minimum Gasteiger partial charge on any atom is -0.489 e. The standard InChI is InChI=1S/C12H17NO5S/c1-9(2)18-11-6-4-3-5-10(11)13-19(16,17)8-7-12(14)15/h3-6,9,13H,7-8H2,1-2H3,(H,14,15). The van der Waals surface area contributed by atoms with Crippen molar-refractivity contribution in [3.8, 4) is 5.75 Å². The number of ether oxygens (including phenoxy) is 1. The Bertz CT molecular complexity index is 539. The van der Waals surface area contributed by atoms with Crippen molar-refractivity contribution in [2.75, 3.05) is 10.5 Å². The Morgan fingerprint density at radius 2 is 2.00 bits per heavy atom. The topological polar surface area (TPSA) is 92.7 Å². The number of carboxylic acids is 1. The molecular weight excluding hydrogens is 270 g/mol. The molecule has 0 fully saturated rings. The third-order valence-corrected chi connectivity index (χ3v) is 3.37. The first-order valence-electron chi connectivity index (χ1n) is 5.78. The fourth-order valence-electron chi connectivity index (χ4n) is 1.35. The first-order valence-corrected chi connectivity index (χ1v) is 7.43. The average Bonchev–Trinajstić information content (AvgIpc) is 2.28. The number of carboxylic acid groups (broad SMARTS) is 1. The van der Waals surface area contributed by atoms with Gasteiger partial charge in [0.2, 0.25) is 10.0 Å². The molecule has 106 valence electrons. The van der Waals surface area contributed by atoms with Gasteiger partial charge in [0.1, 0.15) is 5.75 Å². The Kier molecular flexibility index (Phi) is 5.17. The quantitative estimate of drug-likeness (QED) is 0.796. The van der Waals surface area contributed by atoms with E-state index in [0.29, 0.717) is 11.4 Å². The number of para-hydroxylation sites is 2. The normalized spacial score (nSPS) is 11.3. The smallest absolute Gasteiger partial charge is 0.304 e. The molecule has 0 aliphatic carbocycles. The first kappa shape index (κ1) is 15.3. The van der Waals surface area contributed by atoms with Crippen molar-refractivity contribution in [3.05, 3.63) is 24.3 Å². The van der Waals surface area contributed by atoms with E-state index in [1.54, 1.807) is 24.3 Å². The lowest BCUT2D eigenvalue weighted by Gasteiger charge is -2.15. The number of hydrogen-bond acceptors (Lipinski definition) is 4. The molecule has 7 heteroatoms. The summed E-state index contributed by atoms with van der Waals surface area (Å²) < 4.78 is 31.2. The molecule has 0 aliphatic heterocycles. The fourth-order valence-corrected chi connectivity index (χ4v) is 2.40. The van der Waals surface area contributed by atoms with Crippen LogP contribution in [-0.4, -0.2) is 31.4 Å². The van der Waals surface area contributed by atoms with E-state index in [1.807, 2.05) is 13.8 Å². The molecule has 2 N–H and O–H groups in total. The van der Waals surface area contributed by atoms with Crippen LogP contribution in [0, 0.1) is 0 Å². The lowest BCUT2D eigenvalue weighted by molar-refractivity contribution is -0.136. The predicted molar refractivity (Wildman–Crippen MR) is 71.9 cm³/mol. The Morgan fingerprint density at radius 3 is 2.58 bits per heavy atom. The molecule has 0 aromatic heterocycles. The number of anilines is 1. The third kappa shape index (κ3) is 5.60. The summed E-state index contributed by atoms with van der Waals surface area (Å²) >= 11 is 0. The van der Waals surface area contributed by atoms with E-state index in [0.717, 1.165) is 0 Å². The molecule has 0 spiro atoms. The molecule has 0 saturated carbocycles. The Morgan fingerprint density at radius 1 is 1.37 bits per heavy atom. The van der Waals surface area contributed by atoms with E-state index in [9.17, 15) is 13.2 Å². The van der Waals surface area contributed by atoms with E-state index in [1.165, 1.54) is 0 Å². The van der Waals surface area contributed by atoms with Crippen molar-refractivity contribution in [1.82, 2.24) is 0 Å². The van der Waals surface area contributed by atoms with Crippen LogP contribution in [-0.2, 0) is 14.8 Å². The van der Waals surface area contributed by atoms with Gasteiger partial charge in [0.15, 0.2) is 0 Å². The lowest BCUT2D eigenvalue weighted by Crippen LogP contribution is -2.19. The van der Waals surface area contributed by atoms with Crippen LogP contribution in [0.3, 0.4) is 0 Å². The van der Waals surface area contributed by atoms with E-state index in [4.69, 9.17) is 9.84 Å². The Labute approximate surface area is 112 Å². The summed E-state index contributed by atoms with van der Waals surface area (Å²) in [6, 6.07) is 6.61.